The van der Waals surface area contributed by atoms with Gasteiger partial charge in [-0.2, -0.15) is 0 Å². The van der Waals surface area contributed by atoms with Gasteiger partial charge in [-0.15, -0.1) is 11.3 Å². The van der Waals surface area contributed by atoms with E-state index >= 15 is 0 Å². The van der Waals surface area contributed by atoms with Crippen molar-refractivity contribution in [3.8, 4) is 0 Å². The smallest absolute Gasteiger partial charge is 0.236 e. The first-order chi connectivity index (χ1) is 16.5. The Morgan fingerprint density at radius 1 is 1.09 bits per heavy atom. The summed E-state index contributed by atoms with van der Waals surface area (Å²) >= 11 is 1.78. The zero-order valence-electron chi connectivity index (χ0n) is 20.4. The van der Waals surface area contributed by atoms with Crippen molar-refractivity contribution in [3.05, 3.63) is 46.9 Å². The second-order valence-electron chi connectivity index (χ2n) is 9.84. The summed E-state index contributed by atoms with van der Waals surface area (Å²) in [6.45, 7) is 12.0. The minimum Gasteiger partial charge on any atom is -0.354 e. The molecule has 0 unspecified atom stereocenters. The van der Waals surface area contributed by atoms with E-state index in [1.807, 2.05) is 13.0 Å². The van der Waals surface area contributed by atoms with Crippen LogP contribution in [-0.4, -0.2) is 76.5 Å². The molecule has 0 saturated carbocycles. The number of likely N-dealkylation sites (tertiary alicyclic amines) is 1. The molecule has 8 heteroatoms. The summed E-state index contributed by atoms with van der Waals surface area (Å²) in [7, 11) is 0. The molecule has 2 aliphatic rings. The van der Waals surface area contributed by atoms with Gasteiger partial charge in [0.2, 0.25) is 5.91 Å². The standard InChI is InChI=1S/C26H34N6OS/c1-18(2)25-27-19(3)15-23(29-25)31-13-11-30(12-14-31)17-24(33)32-10-6-7-20(16-32)26-28-21-8-4-5-9-22(21)34-26/h4-5,8-9,15,18,20H,6-7,10-14,16-17H2,1-3H3/t20-/m1/s1. The first-order valence-corrected chi connectivity index (χ1v) is 13.2. The maximum absolute atomic E-state index is 13.2. The Morgan fingerprint density at radius 2 is 1.88 bits per heavy atom. The summed E-state index contributed by atoms with van der Waals surface area (Å²) in [6, 6.07) is 10.4. The normalized spacial score (nSPS) is 19.8. The molecular weight excluding hydrogens is 444 g/mol. The first kappa shape index (κ1) is 23.2. The number of rotatable bonds is 5. The van der Waals surface area contributed by atoms with Crippen molar-refractivity contribution in [2.24, 2.45) is 0 Å². The summed E-state index contributed by atoms with van der Waals surface area (Å²) in [5, 5.41) is 1.17. The van der Waals surface area contributed by atoms with Crippen LogP contribution in [0.2, 0.25) is 0 Å². The average molecular weight is 479 g/mol. The van der Waals surface area contributed by atoms with Crippen LogP contribution in [0.3, 0.4) is 0 Å². The zero-order chi connectivity index (χ0) is 23.7. The molecular formula is C26H34N6OS. The van der Waals surface area contributed by atoms with Crippen molar-refractivity contribution in [3.63, 3.8) is 0 Å². The first-order valence-electron chi connectivity index (χ1n) is 12.4. The lowest BCUT2D eigenvalue weighted by atomic mass is 9.98. The molecule has 180 valence electrons. The van der Waals surface area contributed by atoms with Gasteiger partial charge in [-0.25, -0.2) is 15.0 Å². The van der Waals surface area contributed by atoms with Crippen LogP contribution in [-0.2, 0) is 4.79 Å². The molecule has 0 N–H and O–H groups in total. The zero-order valence-corrected chi connectivity index (χ0v) is 21.2. The van der Waals surface area contributed by atoms with Gasteiger partial charge >= 0.3 is 0 Å². The number of piperazine rings is 1. The minimum atomic E-state index is 0.249. The number of piperidine rings is 1. The van der Waals surface area contributed by atoms with Gasteiger partial charge in [0, 0.05) is 62.9 Å². The predicted octanol–water partition coefficient (Wildman–Crippen LogP) is 4.05. The summed E-state index contributed by atoms with van der Waals surface area (Å²) < 4.78 is 1.23. The van der Waals surface area contributed by atoms with Gasteiger partial charge in [0.1, 0.15) is 11.6 Å². The van der Waals surface area contributed by atoms with E-state index in [2.05, 4.69) is 57.8 Å². The van der Waals surface area contributed by atoms with E-state index < -0.39 is 0 Å². The molecule has 1 amide bonds. The fourth-order valence-corrected chi connectivity index (χ4v) is 5.98. The van der Waals surface area contributed by atoms with Crippen molar-refractivity contribution >= 4 is 33.3 Å². The maximum Gasteiger partial charge on any atom is 0.236 e. The topological polar surface area (TPSA) is 65.5 Å². The number of amides is 1. The lowest BCUT2D eigenvalue weighted by Crippen LogP contribution is -2.51. The van der Waals surface area contributed by atoms with Crippen LogP contribution in [0.5, 0.6) is 0 Å². The van der Waals surface area contributed by atoms with E-state index in [0.717, 1.165) is 75.0 Å². The molecule has 1 aromatic carbocycles. The van der Waals surface area contributed by atoms with Crippen LogP contribution in [0.25, 0.3) is 10.2 Å². The van der Waals surface area contributed by atoms with Crippen molar-refractivity contribution in [1.82, 2.24) is 24.8 Å². The van der Waals surface area contributed by atoms with E-state index in [1.165, 1.54) is 9.71 Å². The van der Waals surface area contributed by atoms with E-state index in [0.29, 0.717) is 18.4 Å². The fraction of sp³-hybridized carbons (Fsp3) is 0.538. The highest BCUT2D eigenvalue weighted by molar-refractivity contribution is 7.18. The highest BCUT2D eigenvalue weighted by Gasteiger charge is 2.29. The van der Waals surface area contributed by atoms with E-state index in [1.54, 1.807) is 11.3 Å². The minimum absolute atomic E-state index is 0.249. The number of nitrogens with zero attached hydrogens (tertiary/aromatic N) is 6. The molecule has 0 radical (unpaired) electrons. The number of aryl methyl sites for hydroxylation is 1. The van der Waals surface area contributed by atoms with E-state index in [4.69, 9.17) is 9.97 Å². The molecule has 2 aromatic heterocycles. The quantitative estimate of drug-likeness (QED) is 0.551. The van der Waals surface area contributed by atoms with Gasteiger partial charge in [0.05, 0.1) is 21.8 Å². The molecule has 34 heavy (non-hydrogen) atoms. The van der Waals surface area contributed by atoms with Crippen LogP contribution in [0, 0.1) is 6.92 Å². The number of hydrogen-bond acceptors (Lipinski definition) is 7. The number of carbonyl (C=O) groups is 1. The Balaban J connectivity index is 1.16. The summed E-state index contributed by atoms with van der Waals surface area (Å²) in [5.74, 6) is 2.83. The highest BCUT2D eigenvalue weighted by atomic mass is 32.1. The third kappa shape index (κ3) is 5.08. The van der Waals surface area contributed by atoms with Gasteiger partial charge in [-0.1, -0.05) is 26.0 Å². The Kier molecular flexibility index (Phi) is 6.79. The number of anilines is 1. The summed E-state index contributed by atoms with van der Waals surface area (Å²) in [5.41, 5.74) is 2.09. The molecule has 3 aromatic rings. The third-order valence-electron chi connectivity index (χ3n) is 6.86. The second-order valence-corrected chi connectivity index (χ2v) is 10.9. The molecule has 4 heterocycles. The highest BCUT2D eigenvalue weighted by Crippen LogP contribution is 2.33. The van der Waals surface area contributed by atoms with Gasteiger partial charge in [-0.05, 0) is 31.9 Å². The van der Waals surface area contributed by atoms with Gasteiger partial charge in [0.15, 0.2) is 0 Å². The number of para-hydroxylation sites is 1. The SMILES string of the molecule is Cc1cc(N2CCN(CC(=O)N3CCC[C@@H](c4nc5ccccc5s4)C3)CC2)nc(C(C)C)n1. The number of fused-ring (bicyclic) bond motifs is 1. The van der Waals surface area contributed by atoms with Crippen LogP contribution >= 0.6 is 11.3 Å². The lowest BCUT2D eigenvalue weighted by Gasteiger charge is -2.37. The van der Waals surface area contributed by atoms with Crippen LogP contribution in [0.1, 0.15) is 55.1 Å². The molecule has 2 aliphatic heterocycles. The number of thiazole rings is 1. The largest absolute Gasteiger partial charge is 0.354 e. The van der Waals surface area contributed by atoms with Gasteiger partial charge < -0.3 is 9.80 Å². The fourth-order valence-electron chi connectivity index (χ4n) is 4.89. The van der Waals surface area contributed by atoms with Gasteiger partial charge in [-0.3, -0.25) is 9.69 Å². The number of aromatic nitrogens is 3. The van der Waals surface area contributed by atoms with Gasteiger partial charge in [0.25, 0.3) is 0 Å². The van der Waals surface area contributed by atoms with E-state index in [-0.39, 0.29) is 5.91 Å². The second kappa shape index (κ2) is 9.96. The Morgan fingerprint density at radius 3 is 2.65 bits per heavy atom. The Hall–Kier alpha value is -2.58. The van der Waals surface area contributed by atoms with Crippen LogP contribution < -0.4 is 4.90 Å². The number of carbonyl (C=O) groups excluding carboxylic acids is 1. The summed E-state index contributed by atoms with van der Waals surface area (Å²) in [6.07, 6.45) is 2.16. The van der Waals surface area contributed by atoms with E-state index in [9.17, 15) is 4.79 Å². The molecule has 2 fully saturated rings. The predicted molar refractivity (Wildman–Crippen MR) is 138 cm³/mol. The van der Waals surface area contributed by atoms with Crippen LogP contribution in [0.15, 0.2) is 30.3 Å². The molecule has 7 nitrogen and oxygen atoms in total. The molecule has 0 aliphatic carbocycles. The molecule has 0 spiro atoms. The van der Waals surface area contributed by atoms with Crippen LogP contribution in [0.4, 0.5) is 5.82 Å². The van der Waals surface area contributed by atoms with Crippen molar-refractivity contribution < 1.29 is 4.79 Å². The summed E-state index contributed by atoms with van der Waals surface area (Å²) in [4.78, 5) is 34.1. The van der Waals surface area contributed by atoms with Crippen molar-refractivity contribution in [2.75, 3.05) is 50.7 Å². The molecule has 2 saturated heterocycles. The average Bonchev–Trinajstić information content (AvgIpc) is 3.29. The monoisotopic (exact) mass is 478 g/mol. The number of hydrogen-bond donors (Lipinski definition) is 0. The lowest BCUT2D eigenvalue weighted by molar-refractivity contribution is -0.133. The molecule has 0 bridgehead atoms. The molecule has 5 rings (SSSR count). The van der Waals surface area contributed by atoms with Crippen molar-refractivity contribution in [2.45, 2.75) is 45.4 Å². The van der Waals surface area contributed by atoms with Crippen molar-refractivity contribution in [1.29, 1.82) is 0 Å². The Bertz CT molecular complexity index is 1120. The number of benzene rings is 1. The third-order valence-corrected chi connectivity index (χ3v) is 8.06. The maximum atomic E-state index is 13.2. The Labute approximate surface area is 205 Å². The molecule has 1 atom stereocenters.